The number of benzene rings is 2. The fraction of sp³-hybridized carbons (Fsp3) is 0.280. The predicted octanol–water partition coefficient (Wildman–Crippen LogP) is 5.25. The lowest BCUT2D eigenvalue weighted by atomic mass is 10.0. The first-order valence-corrected chi connectivity index (χ1v) is 10.3. The molecular formula is C25H24F2N2O2. The number of aryl methyl sites for hydroxylation is 1. The number of nitrogens with zero attached hydrogens (tertiary/aromatic N) is 2. The van der Waals surface area contributed by atoms with Crippen molar-refractivity contribution in [3.63, 3.8) is 0 Å². The first-order chi connectivity index (χ1) is 14.9. The summed E-state index contributed by atoms with van der Waals surface area (Å²) in [5, 5.41) is 0. The summed E-state index contributed by atoms with van der Waals surface area (Å²) in [6.07, 6.45) is 1.82. The van der Waals surface area contributed by atoms with Gasteiger partial charge in [-0.25, -0.2) is 8.78 Å². The molecule has 1 amide bonds. The van der Waals surface area contributed by atoms with Crippen LogP contribution in [0.4, 0.5) is 8.78 Å². The minimum atomic E-state index is -0.477. The fourth-order valence-electron chi connectivity index (χ4n) is 4.14. The van der Waals surface area contributed by atoms with E-state index in [1.165, 1.54) is 31.4 Å². The van der Waals surface area contributed by atoms with E-state index in [-0.39, 0.29) is 29.9 Å². The molecule has 0 spiro atoms. The molecular weight excluding hydrogens is 398 g/mol. The molecule has 0 N–H and O–H groups in total. The molecule has 1 saturated heterocycles. The van der Waals surface area contributed by atoms with Crippen molar-refractivity contribution in [1.29, 1.82) is 0 Å². The monoisotopic (exact) mass is 422 g/mol. The molecule has 0 radical (unpaired) electrons. The van der Waals surface area contributed by atoms with E-state index < -0.39 is 5.82 Å². The lowest BCUT2D eigenvalue weighted by Gasteiger charge is -2.25. The minimum Gasteiger partial charge on any atom is -0.494 e. The van der Waals surface area contributed by atoms with Gasteiger partial charge in [0.2, 0.25) is 5.91 Å². The maximum Gasteiger partial charge on any atom is 0.227 e. The van der Waals surface area contributed by atoms with Crippen LogP contribution >= 0.6 is 0 Å². The van der Waals surface area contributed by atoms with Gasteiger partial charge in [-0.05, 0) is 72.9 Å². The number of rotatable bonds is 5. The average molecular weight is 422 g/mol. The minimum absolute atomic E-state index is 0.0568. The molecule has 1 fully saturated rings. The van der Waals surface area contributed by atoms with E-state index in [0.29, 0.717) is 12.1 Å². The zero-order chi connectivity index (χ0) is 22.0. The smallest absolute Gasteiger partial charge is 0.227 e. The summed E-state index contributed by atoms with van der Waals surface area (Å²) in [4.78, 5) is 19.6. The number of methoxy groups -OCH3 is 1. The summed E-state index contributed by atoms with van der Waals surface area (Å²) in [6, 6.07) is 14.7. The number of likely N-dealkylation sites (tertiary alicyclic amines) is 1. The van der Waals surface area contributed by atoms with Crippen molar-refractivity contribution < 1.29 is 18.3 Å². The van der Waals surface area contributed by atoms with Crippen LogP contribution in [-0.2, 0) is 11.2 Å². The second kappa shape index (κ2) is 8.84. The van der Waals surface area contributed by atoms with Gasteiger partial charge in [0.05, 0.1) is 25.3 Å². The van der Waals surface area contributed by atoms with Crippen LogP contribution < -0.4 is 4.74 Å². The molecule has 0 bridgehead atoms. The van der Waals surface area contributed by atoms with Gasteiger partial charge in [-0.2, -0.15) is 0 Å². The average Bonchev–Trinajstić information content (AvgIpc) is 3.24. The second-order valence-electron chi connectivity index (χ2n) is 7.82. The molecule has 0 aliphatic carbocycles. The van der Waals surface area contributed by atoms with E-state index in [2.05, 4.69) is 0 Å². The van der Waals surface area contributed by atoms with E-state index in [4.69, 9.17) is 9.72 Å². The Balaban J connectivity index is 1.57. The van der Waals surface area contributed by atoms with Crippen LogP contribution in [-0.4, -0.2) is 29.4 Å². The van der Waals surface area contributed by atoms with Crippen molar-refractivity contribution in [1.82, 2.24) is 9.88 Å². The summed E-state index contributed by atoms with van der Waals surface area (Å²) in [7, 11) is 1.41. The van der Waals surface area contributed by atoms with Gasteiger partial charge in [0.1, 0.15) is 5.82 Å². The fourth-order valence-corrected chi connectivity index (χ4v) is 4.14. The highest BCUT2D eigenvalue weighted by molar-refractivity contribution is 5.79. The third-order valence-electron chi connectivity index (χ3n) is 5.64. The molecule has 31 heavy (non-hydrogen) atoms. The van der Waals surface area contributed by atoms with Crippen LogP contribution in [0.3, 0.4) is 0 Å². The molecule has 2 aromatic carbocycles. The highest BCUT2D eigenvalue weighted by Crippen LogP contribution is 2.34. The Morgan fingerprint density at radius 3 is 2.58 bits per heavy atom. The normalized spacial score (nSPS) is 15.9. The van der Waals surface area contributed by atoms with Gasteiger partial charge in [-0.1, -0.05) is 18.2 Å². The zero-order valence-corrected chi connectivity index (χ0v) is 17.6. The van der Waals surface area contributed by atoms with Crippen LogP contribution in [0.25, 0.3) is 11.1 Å². The molecule has 1 atom stereocenters. The number of carbonyl (C=O) groups is 1. The maximum absolute atomic E-state index is 14.0. The van der Waals surface area contributed by atoms with Gasteiger partial charge >= 0.3 is 0 Å². The second-order valence-corrected chi connectivity index (χ2v) is 7.82. The third-order valence-corrected chi connectivity index (χ3v) is 5.64. The molecule has 1 aromatic heterocycles. The van der Waals surface area contributed by atoms with Gasteiger partial charge in [-0.15, -0.1) is 0 Å². The Kier molecular flexibility index (Phi) is 5.98. The van der Waals surface area contributed by atoms with E-state index in [9.17, 15) is 13.6 Å². The van der Waals surface area contributed by atoms with E-state index in [0.717, 1.165) is 35.4 Å². The molecule has 160 valence electrons. The zero-order valence-electron chi connectivity index (χ0n) is 17.6. The Labute approximate surface area is 180 Å². The number of aromatic nitrogens is 1. The summed E-state index contributed by atoms with van der Waals surface area (Å²) in [5.74, 6) is -0.654. The summed E-state index contributed by atoms with van der Waals surface area (Å²) >= 11 is 0. The number of halogens is 2. The van der Waals surface area contributed by atoms with Crippen LogP contribution in [0.5, 0.6) is 5.75 Å². The predicted molar refractivity (Wildman–Crippen MR) is 115 cm³/mol. The van der Waals surface area contributed by atoms with Crippen molar-refractivity contribution in [2.45, 2.75) is 32.2 Å². The topological polar surface area (TPSA) is 42.4 Å². The quantitative estimate of drug-likeness (QED) is 0.564. The summed E-state index contributed by atoms with van der Waals surface area (Å²) in [5.41, 5.74) is 4.12. The van der Waals surface area contributed by atoms with E-state index in [1.54, 1.807) is 18.2 Å². The van der Waals surface area contributed by atoms with E-state index >= 15 is 0 Å². The van der Waals surface area contributed by atoms with Crippen molar-refractivity contribution in [2.24, 2.45) is 0 Å². The van der Waals surface area contributed by atoms with Crippen molar-refractivity contribution in [3.05, 3.63) is 83.2 Å². The molecule has 4 nitrogen and oxygen atoms in total. The number of hydrogen-bond donors (Lipinski definition) is 0. The number of hydrogen-bond acceptors (Lipinski definition) is 3. The molecule has 2 heterocycles. The molecule has 1 aliphatic rings. The number of ether oxygens (including phenoxy) is 1. The highest BCUT2D eigenvalue weighted by Gasteiger charge is 2.31. The van der Waals surface area contributed by atoms with Gasteiger partial charge in [0, 0.05) is 12.2 Å². The Hall–Kier alpha value is -3.28. The Morgan fingerprint density at radius 2 is 1.87 bits per heavy atom. The molecule has 0 saturated carbocycles. The molecule has 4 rings (SSSR count). The number of amides is 1. The van der Waals surface area contributed by atoms with Crippen molar-refractivity contribution in [2.75, 3.05) is 13.7 Å². The summed E-state index contributed by atoms with van der Waals surface area (Å²) in [6.45, 7) is 2.56. The Bertz CT molecular complexity index is 1100. The molecule has 1 unspecified atom stereocenters. The highest BCUT2D eigenvalue weighted by atomic mass is 19.1. The maximum atomic E-state index is 14.0. The lowest BCUT2D eigenvalue weighted by molar-refractivity contribution is -0.131. The van der Waals surface area contributed by atoms with Gasteiger partial charge in [-0.3, -0.25) is 9.78 Å². The molecule has 6 heteroatoms. The first-order valence-electron chi connectivity index (χ1n) is 10.3. The first kappa shape index (κ1) is 21.0. The van der Waals surface area contributed by atoms with Crippen LogP contribution in [0.2, 0.25) is 0 Å². The van der Waals surface area contributed by atoms with E-state index in [1.807, 2.05) is 24.0 Å². The Morgan fingerprint density at radius 1 is 1.10 bits per heavy atom. The van der Waals surface area contributed by atoms with Gasteiger partial charge in [0.25, 0.3) is 0 Å². The molecule has 1 aliphatic heterocycles. The van der Waals surface area contributed by atoms with Gasteiger partial charge in [0.15, 0.2) is 11.6 Å². The van der Waals surface area contributed by atoms with Crippen LogP contribution in [0, 0.1) is 18.6 Å². The number of carbonyl (C=O) groups excluding carboxylic acids is 1. The van der Waals surface area contributed by atoms with Crippen molar-refractivity contribution in [3.8, 4) is 16.9 Å². The van der Waals surface area contributed by atoms with Crippen LogP contribution in [0.1, 0.15) is 35.8 Å². The van der Waals surface area contributed by atoms with Crippen LogP contribution in [0.15, 0.2) is 54.6 Å². The standard InChI is InChI=1S/C25H24F2N2O2/c1-16-12-19(18-6-8-20(26)9-7-18)15-22(28-16)23-4-3-11-29(23)25(30)14-17-5-10-24(31-2)21(27)13-17/h5-10,12-13,15,23H,3-4,11,14H2,1-2H3. The summed E-state index contributed by atoms with van der Waals surface area (Å²) < 4.78 is 32.3. The lowest BCUT2D eigenvalue weighted by Crippen LogP contribution is -2.32. The molecule has 3 aromatic rings. The van der Waals surface area contributed by atoms with Crippen molar-refractivity contribution >= 4 is 5.91 Å². The number of pyridine rings is 1. The third kappa shape index (κ3) is 4.58. The largest absolute Gasteiger partial charge is 0.494 e. The SMILES string of the molecule is COc1ccc(CC(=O)N2CCCC2c2cc(-c3ccc(F)cc3)cc(C)n2)cc1F. The van der Waals surface area contributed by atoms with Gasteiger partial charge < -0.3 is 9.64 Å².